The minimum atomic E-state index is -1.75. The predicted octanol–water partition coefficient (Wildman–Crippen LogP) is 3.10. The molecule has 4 nitrogen and oxygen atoms in total. The van der Waals surface area contributed by atoms with Gasteiger partial charge in [0.05, 0.1) is 0 Å². The highest BCUT2D eigenvalue weighted by atomic mass is 28.4. The number of hydrogen-bond acceptors (Lipinski definition) is 4. The van der Waals surface area contributed by atoms with Crippen LogP contribution in [-0.4, -0.2) is 56.5 Å². The third-order valence-corrected chi connectivity index (χ3v) is 11.1. The Morgan fingerprint density at radius 2 is 1.52 bits per heavy atom. The maximum Gasteiger partial charge on any atom is 0.321 e. The van der Waals surface area contributed by atoms with Crippen LogP contribution in [0.5, 0.6) is 0 Å². The summed E-state index contributed by atoms with van der Waals surface area (Å²) in [5.41, 5.74) is 0. The zero-order valence-electron chi connectivity index (χ0n) is 15.7. The lowest BCUT2D eigenvalue weighted by Crippen LogP contribution is -2.47. The molecule has 0 aromatic rings. The maximum atomic E-state index is 6.12. The van der Waals surface area contributed by atoms with Crippen LogP contribution in [-0.2, 0) is 17.4 Å². The molecule has 0 bridgehead atoms. The number of hydrogen-bond donors (Lipinski definition) is 0. The van der Waals surface area contributed by atoms with Crippen molar-refractivity contribution in [3.8, 4) is 0 Å². The van der Waals surface area contributed by atoms with Crippen molar-refractivity contribution < 1.29 is 17.4 Å². The van der Waals surface area contributed by atoms with E-state index in [4.69, 9.17) is 13.0 Å². The first-order chi connectivity index (χ1) is 9.60. The molecule has 0 atom stereocenters. The van der Waals surface area contributed by atoms with Crippen LogP contribution < -0.4 is 0 Å². The molecule has 0 saturated carbocycles. The van der Waals surface area contributed by atoms with E-state index >= 15 is 0 Å². The van der Waals surface area contributed by atoms with Crippen molar-refractivity contribution in [2.75, 3.05) is 20.8 Å². The van der Waals surface area contributed by atoms with Gasteiger partial charge in [-0.05, 0) is 51.7 Å². The lowest BCUT2D eigenvalue weighted by atomic mass is 10.4. The number of rotatable bonds is 2. The van der Waals surface area contributed by atoms with E-state index in [1.54, 1.807) is 14.2 Å². The molecule has 1 heterocycles. The SMILES string of the molecule is CO[SiH2]C.CO[SiH](C)C.C[Si]1(C)CCCCO[Si](C)(C)O1. The second kappa shape index (κ2) is 13.2. The fraction of sp³-hybridized carbons (Fsp3) is 1.00. The average Bonchev–Trinajstić information content (AvgIpc) is 2.36. The van der Waals surface area contributed by atoms with E-state index in [9.17, 15) is 0 Å². The van der Waals surface area contributed by atoms with Gasteiger partial charge in [-0.2, -0.15) is 0 Å². The van der Waals surface area contributed by atoms with Crippen LogP contribution in [0.1, 0.15) is 12.8 Å². The molecule has 0 aromatic heterocycles. The van der Waals surface area contributed by atoms with Crippen molar-refractivity contribution >= 4 is 35.7 Å². The van der Waals surface area contributed by atoms with Crippen molar-refractivity contribution in [2.24, 2.45) is 0 Å². The van der Waals surface area contributed by atoms with Crippen LogP contribution in [0.2, 0.25) is 51.9 Å². The first-order valence-electron chi connectivity index (χ1n) is 7.96. The van der Waals surface area contributed by atoms with Gasteiger partial charge >= 0.3 is 8.56 Å². The lowest BCUT2D eigenvalue weighted by Gasteiger charge is -2.35. The van der Waals surface area contributed by atoms with Crippen molar-refractivity contribution in [3.05, 3.63) is 0 Å². The Hall–Kier alpha value is 0.708. The summed E-state index contributed by atoms with van der Waals surface area (Å²) in [5.74, 6) is 0. The first kappa shape index (κ1) is 24.0. The fourth-order valence-electron chi connectivity index (χ4n) is 1.72. The molecular weight excluding hydrogens is 332 g/mol. The minimum Gasteiger partial charge on any atom is -0.436 e. The highest BCUT2D eigenvalue weighted by Gasteiger charge is 2.35. The summed E-state index contributed by atoms with van der Waals surface area (Å²) < 4.78 is 21.4. The molecule has 0 amide bonds. The van der Waals surface area contributed by atoms with Crippen LogP contribution in [0.15, 0.2) is 0 Å². The molecule has 1 saturated heterocycles. The zero-order valence-corrected chi connectivity index (χ0v) is 20.3. The molecule has 0 N–H and O–H groups in total. The van der Waals surface area contributed by atoms with Crippen LogP contribution in [0, 0.1) is 0 Å². The quantitative estimate of drug-likeness (QED) is 0.700. The molecule has 21 heavy (non-hydrogen) atoms. The van der Waals surface area contributed by atoms with Crippen LogP contribution in [0.4, 0.5) is 0 Å². The van der Waals surface area contributed by atoms with Gasteiger partial charge in [0.2, 0.25) is 0 Å². The summed E-state index contributed by atoms with van der Waals surface area (Å²) in [6.07, 6.45) is 2.50. The van der Waals surface area contributed by atoms with Gasteiger partial charge in [-0.3, -0.25) is 0 Å². The third kappa shape index (κ3) is 18.7. The molecule has 0 radical (unpaired) electrons. The van der Waals surface area contributed by atoms with Crippen molar-refractivity contribution in [1.29, 1.82) is 0 Å². The van der Waals surface area contributed by atoms with Gasteiger partial charge in [-0.15, -0.1) is 0 Å². The topological polar surface area (TPSA) is 36.9 Å². The van der Waals surface area contributed by atoms with Crippen LogP contribution in [0.3, 0.4) is 0 Å². The molecule has 1 rings (SSSR count). The largest absolute Gasteiger partial charge is 0.436 e. The Labute approximate surface area is 139 Å². The van der Waals surface area contributed by atoms with E-state index < -0.39 is 25.9 Å². The second-order valence-corrected chi connectivity index (χ2v) is 18.1. The van der Waals surface area contributed by atoms with Gasteiger partial charge in [0.1, 0.15) is 0 Å². The molecule has 0 aromatic carbocycles. The fourth-order valence-corrected chi connectivity index (χ4v) is 9.42. The summed E-state index contributed by atoms with van der Waals surface area (Å²) in [6, 6.07) is 1.30. The Morgan fingerprint density at radius 3 is 1.90 bits per heavy atom. The molecule has 130 valence electrons. The summed E-state index contributed by atoms with van der Waals surface area (Å²) >= 11 is 0. The molecular formula is C13H38O4Si4. The Kier molecular flexibility index (Phi) is 15.0. The summed E-state index contributed by atoms with van der Waals surface area (Å²) in [6.45, 7) is 16.2. The predicted molar refractivity (Wildman–Crippen MR) is 103 cm³/mol. The van der Waals surface area contributed by atoms with Crippen molar-refractivity contribution in [1.82, 2.24) is 0 Å². The molecule has 8 heteroatoms. The standard InChI is InChI=1S/C8H20O2Si2.C3H10OSi.C2H8OSi/c1-11(2)8-6-5-7-9-12(3,4)10-11;1-4-5(2)3;1-3-4-2/h5-8H2,1-4H3;5H,1-3H3;4H2,1-2H3. The average molecular weight is 371 g/mol. The minimum absolute atomic E-state index is 0.0756. The summed E-state index contributed by atoms with van der Waals surface area (Å²) in [4.78, 5) is 0. The molecule has 0 aliphatic carbocycles. The Balaban J connectivity index is 0. The van der Waals surface area contributed by atoms with Gasteiger partial charge < -0.3 is 17.4 Å². The highest BCUT2D eigenvalue weighted by molar-refractivity contribution is 6.82. The van der Waals surface area contributed by atoms with Crippen molar-refractivity contribution in [2.45, 2.75) is 64.7 Å². The van der Waals surface area contributed by atoms with E-state index in [0.29, 0.717) is 0 Å². The third-order valence-electron chi connectivity index (χ3n) is 2.91. The first-order valence-corrected chi connectivity index (χ1v) is 18.7. The smallest absolute Gasteiger partial charge is 0.321 e. The van der Waals surface area contributed by atoms with Gasteiger partial charge in [0, 0.05) is 20.8 Å². The summed E-state index contributed by atoms with van der Waals surface area (Å²) in [7, 11) is -0.341. The van der Waals surface area contributed by atoms with Crippen LogP contribution in [0.25, 0.3) is 0 Å². The van der Waals surface area contributed by atoms with E-state index in [-0.39, 0.29) is 9.76 Å². The normalized spacial score (nSPS) is 20.9. The molecule has 1 fully saturated rings. The van der Waals surface area contributed by atoms with Gasteiger partial charge in [0.25, 0.3) is 0 Å². The molecule has 0 spiro atoms. The van der Waals surface area contributed by atoms with Gasteiger partial charge in [-0.1, -0.05) is 13.0 Å². The van der Waals surface area contributed by atoms with Gasteiger partial charge in [0.15, 0.2) is 27.1 Å². The zero-order chi connectivity index (χ0) is 16.9. The van der Waals surface area contributed by atoms with E-state index in [0.717, 1.165) is 6.61 Å². The van der Waals surface area contributed by atoms with Crippen molar-refractivity contribution in [3.63, 3.8) is 0 Å². The lowest BCUT2D eigenvalue weighted by molar-refractivity contribution is 0.231. The maximum absolute atomic E-state index is 6.12. The molecule has 1 aliphatic heterocycles. The monoisotopic (exact) mass is 370 g/mol. The van der Waals surface area contributed by atoms with E-state index in [2.05, 4.69) is 50.3 Å². The second-order valence-electron chi connectivity index (χ2n) is 6.43. The Bertz CT molecular complexity index is 220. The van der Waals surface area contributed by atoms with Crippen LogP contribution >= 0.6 is 0 Å². The Morgan fingerprint density at radius 1 is 1.05 bits per heavy atom. The summed E-state index contributed by atoms with van der Waals surface area (Å²) in [5, 5.41) is 0. The van der Waals surface area contributed by atoms with E-state index in [1.807, 2.05) is 0 Å². The highest BCUT2D eigenvalue weighted by Crippen LogP contribution is 2.24. The molecule has 0 unspecified atom stereocenters. The van der Waals surface area contributed by atoms with E-state index in [1.165, 1.54) is 18.9 Å². The van der Waals surface area contributed by atoms with Gasteiger partial charge in [-0.25, -0.2) is 0 Å². The molecule has 1 aliphatic rings.